The quantitative estimate of drug-likeness (QED) is 0.103. The lowest BCUT2D eigenvalue weighted by Gasteiger charge is -2.16. The molecule has 2 aliphatic heterocycles. The summed E-state index contributed by atoms with van der Waals surface area (Å²) in [6.07, 6.45) is 7.24. The Labute approximate surface area is 273 Å². The van der Waals surface area contributed by atoms with Gasteiger partial charge in [0.15, 0.2) is 24.4 Å². The monoisotopic (exact) mass is 650 g/mol. The maximum Gasteiger partial charge on any atom is 0.340 e. The number of nitro groups is 2. The molecule has 1 unspecified atom stereocenters. The van der Waals surface area contributed by atoms with Crippen LogP contribution in [0.25, 0.3) is 17.0 Å². The number of nitro benzene ring substituents is 2. The molecule has 0 bridgehead atoms. The van der Waals surface area contributed by atoms with Gasteiger partial charge in [0.2, 0.25) is 5.52 Å². The highest BCUT2D eigenvalue weighted by molar-refractivity contribution is 6.01. The number of imide groups is 1. The molecule has 2 aliphatic rings. The van der Waals surface area contributed by atoms with Gasteiger partial charge in [-0.2, -0.15) is 4.57 Å². The highest BCUT2D eigenvalue weighted by Gasteiger charge is 2.36. The number of anilines is 1. The van der Waals surface area contributed by atoms with Crippen LogP contribution in [0.2, 0.25) is 0 Å². The van der Waals surface area contributed by atoms with Gasteiger partial charge in [-0.25, -0.2) is 4.79 Å². The molecular weight excluding hydrogens is 622 g/mol. The maximum absolute atomic E-state index is 12.7. The lowest BCUT2D eigenvalue weighted by atomic mass is 9.97. The molecule has 48 heavy (non-hydrogen) atoms. The molecule has 4 aromatic rings. The first-order valence-electron chi connectivity index (χ1n) is 14.9. The summed E-state index contributed by atoms with van der Waals surface area (Å²) in [6.45, 7) is 1.70. The summed E-state index contributed by atoms with van der Waals surface area (Å²) in [6, 6.07) is 18.6. The minimum atomic E-state index is -1.11. The molecule has 242 valence electrons. The standard InChI is InChI=1S/C34H28N5O9/c1-21(34(42)48-37-31(40)14-15-32(37)41)25-12-10-22(18-29(25)39(45)46)20-36-17-16-23(26-7-3-4-8-27(26)36)6-5-9-33-35(2)28-13-11-24(38(43)44)19-30(28)47-33/h3-13,16-19,21H,14-15,20H2,1-2H3/q+1. The number of pyridine rings is 1. The van der Waals surface area contributed by atoms with E-state index < -0.39 is 33.5 Å². The summed E-state index contributed by atoms with van der Waals surface area (Å²) in [7, 11) is 1.81. The number of ether oxygens (including phenoxy) is 1. The molecule has 14 nitrogen and oxygen atoms in total. The second kappa shape index (κ2) is 12.7. The molecule has 2 amide bonds. The number of fused-ring (bicyclic) bond motifs is 2. The third-order valence-corrected chi connectivity index (χ3v) is 8.19. The van der Waals surface area contributed by atoms with Crippen molar-refractivity contribution in [3.05, 3.63) is 128 Å². The van der Waals surface area contributed by atoms with Crippen molar-refractivity contribution < 1.29 is 38.4 Å². The van der Waals surface area contributed by atoms with Gasteiger partial charge in [0, 0.05) is 55.3 Å². The van der Waals surface area contributed by atoms with Crippen LogP contribution in [0.4, 0.5) is 17.1 Å². The zero-order valence-corrected chi connectivity index (χ0v) is 25.8. The van der Waals surface area contributed by atoms with E-state index in [1.165, 1.54) is 31.2 Å². The summed E-state index contributed by atoms with van der Waals surface area (Å²) >= 11 is 0. The van der Waals surface area contributed by atoms with Gasteiger partial charge in [-0.1, -0.05) is 36.4 Å². The number of aromatic nitrogens is 1. The molecule has 3 aromatic carbocycles. The first-order chi connectivity index (χ1) is 23.0. The van der Waals surface area contributed by atoms with Gasteiger partial charge < -0.3 is 14.5 Å². The van der Waals surface area contributed by atoms with Crippen molar-refractivity contribution >= 4 is 51.8 Å². The average Bonchev–Trinajstić information content (AvgIpc) is 3.57. The van der Waals surface area contributed by atoms with Crippen LogP contribution in [0.15, 0.2) is 91.0 Å². The Morgan fingerprint density at radius 2 is 1.77 bits per heavy atom. The van der Waals surface area contributed by atoms with E-state index in [1.54, 1.807) is 30.2 Å². The lowest BCUT2D eigenvalue weighted by molar-refractivity contribution is -0.662. The Balaban J connectivity index is 1.22. The first kappa shape index (κ1) is 31.5. The van der Waals surface area contributed by atoms with Crippen molar-refractivity contribution in [3.63, 3.8) is 0 Å². The zero-order valence-electron chi connectivity index (χ0n) is 25.8. The first-order valence-corrected chi connectivity index (χ1v) is 14.9. The highest BCUT2D eigenvalue weighted by Crippen LogP contribution is 2.40. The predicted molar refractivity (Wildman–Crippen MR) is 171 cm³/mol. The van der Waals surface area contributed by atoms with Crippen LogP contribution in [0.3, 0.4) is 0 Å². The molecule has 0 spiro atoms. The molecule has 0 radical (unpaired) electrons. The molecule has 1 saturated heterocycles. The zero-order chi connectivity index (χ0) is 34.1. The molecule has 0 aliphatic carbocycles. The smallest absolute Gasteiger partial charge is 0.340 e. The van der Waals surface area contributed by atoms with Gasteiger partial charge in [0.05, 0.1) is 32.9 Å². The minimum absolute atomic E-state index is 0.0572. The molecule has 0 saturated carbocycles. The number of hydroxylamine groups is 2. The van der Waals surface area contributed by atoms with Crippen LogP contribution in [0.5, 0.6) is 5.75 Å². The largest absolute Gasteiger partial charge is 0.438 e. The van der Waals surface area contributed by atoms with Crippen LogP contribution in [0, 0.1) is 20.2 Å². The van der Waals surface area contributed by atoms with Gasteiger partial charge in [-0.3, -0.25) is 29.8 Å². The van der Waals surface area contributed by atoms with Crippen LogP contribution in [-0.4, -0.2) is 39.7 Å². The fourth-order valence-corrected chi connectivity index (χ4v) is 5.61. The van der Waals surface area contributed by atoms with Crippen molar-refractivity contribution in [2.24, 2.45) is 0 Å². The number of amides is 2. The van der Waals surface area contributed by atoms with E-state index >= 15 is 0 Å². The van der Waals surface area contributed by atoms with E-state index in [2.05, 4.69) is 0 Å². The van der Waals surface area contributed by atoms with Crippen LogP contribution in [-0.2, 0) is 25.8 Å². The number of carbonyl (C=O) groups is 3. The molecule has 1 aromatic heterocycles. The topological polar surface area (TPSA) is 166 Å². The van der Waals surface area contributed by atoms with E-state index in [9.17, 15) is 34.6 Å². The predicted octanol–water partition coefficient (Wildman–Crippen LogP) is 5.09. The normalized spacial score (nSPS) is 15.7. The van der Waals surface area contributed by atoms with E-state index in [-0.39, 0.29) is 36.3 Å². The third kappa shape index (κ3) is 6.06. The fraction of sp³-hybridized carbons (Fsp3) is 0.176. The fourth-order valence-electron chi connectivity index (χ4n) is 5.61. The molecule has 1 atom stereocenters. The Bertz CT molecular complexity index is 2070. The number of carbonyl (C=O) groups excluding carboxylic acids is 3. The molecule has 1 fully saturated rings. The van der Waals surface area contributed by atoms with Gasteiger partial charge >= 0.3 is 5.97 Å². The molecular formula is C34H28N5O9+. The van der Waals surface area contributed by atoms with Crippen molar-refractivity contribution in [2.45, 2.75) is 32.2 Å². The summed E-state index contributed by atoms with van der Waals surface area (Å²) < 4.78 is 7.79. The van der Waals surface area contributed by atoms with Crippen molar-refractivity contribution in [3.8, 4) is 5.75 Å². The number of non-ortho nitro benzene ring substituents is 1. The molecule has 14 heteroatoms. The number of nitrogens with zero attached hydrogens (tertiary/aromatic N) is 5. The summed E-state index contributed by atoms with van der Waals surface area (Å²) in [5.74, 6) is -2.43. The Morgan fingerprint density at radius 3 is 2.50 bits per heavy atom. The Kier molecular flexibility index (Phi) is 8.38. The summed E-state index contributed by atoms with van der Waals surface area (Å²) in [5.41, 5.74) is 2.84. The number of hydrogen-bond acceptors (Lipinski definition) is 10. The third-order valence-electron chi connectivity index (χ3n) is 8.19. The van der Waals surface area contributed by atoms with Gasteiger partial charge in [0.25, 0.3) is 23.2 Å². The Hall–Kier alpha value is -6.44. The van der Waals surface area contributed by atoms with Gasteiger partial charge in [-0.15, -0.1) is 5.06 Å². The lowest BCUT2D eigenvalue weighted by Crippen LogP contribution is -2.35. The van der Waals surface area contributed by atoms with Crippen LogP contribution < -0.4 is 14.2 Å². The molecule has 0 N–H and O–H groups in total. The number of benzene rings is 3. The SMILES string of the molecule is CC(C(=O)ON1C(=O)CCC1=O)c1ccc(C[n+]2ccc(C=CC=C3Oc4cc([N+](=O)[O-])ccc4N3C)c3ccccc32)cc1[N+](=O)[O-]. The highest BCUT2D eigenvalue weighted by atomic mass is 16.7. The summed E-state index contributed by atoms with van der Waals surface area (Å²) in [4.78, 5) is 65.4. The van der Waals surface area contributed by atoms with Gasteiger partial charge in [0.1, 0.15) is 0 Å². The minimum Gasteiger partial charge on any atom is -0.438 e. The Morgan fingerprint density at radius 1 is 1.02 bits per heavy atom. The van der Waals surface area contributed by atoms with Crippen molar-refractivity contribution in [1.29, 1.82) is 0 Å². The summed E-state index contributed by atoms with van der Waals surface area (Å²) in [5, 5.41) is 24.5. The van der Waals surface area contributed by atoms with E-state index in [0.29, 0.717) is 27.9 Å². The van der Waals surface area contributed by atoms with Gasteiger partial charge in [-0.05, 0) is 30.7 Å². The van der Waals surface area contributed by atoms with Crippen molar-refractivity contribution in [1.82, 2.24) is 5.06 Å². The van der Waals surface area contributed by atoms with E-state index in [1.807, 2.05) is 53.2 Å². The molecule has 3 heterocycles. The number of para-hydroxylation sites is 1. The van der Waals surface area contributed by atoms with Crippen LogP contribution in [0.1, 0.15) is 42.4 Å². The maximum atomic E-state index is 12.7. The van der Waals surface area contributed by atoms with Crippen molar-refractivity contribution in [2.75, 3.05) is 11.9 Å². The second-order valence-electron chi connectivity index (χ2n) is 11.2. The number of hydrogen-bond donors (Lipinski definition) is 0. The van der Waals surface area contributed by atoms with E-state index in [4.69, 9.17) is 9.57 Å². The van der Waals surface area contributed by atoms with Crippen LogP contribution >= 0.6 is 0 Å². The average molecular weight is 651 g/mol. The number of rotatable bonds is 9. The number of allylic oxidation sites excluding steroid dienone is 2. The molecule has 6 rings (SSSR count). The second-order valence-corrected chi connectivity index (χ2v) is 11.2. The van der Waals surface area contributed by atoms with E-state index in [0.717, 1.165) is 16.5 Å².